The first-order valence-corrected chi connectivity index (χ1v) is 10.7. The normalized spacial score (nSPS) is 21.1. The Morgan fingerprint density at radius 3 is 2.80 bits per heavy atom. The molecule has 0 bridgehead atoms. The molecule has 5 nitrogen and oxygen atoms in total. The molecule has 1 aromatic carbocycles. The highest BCUT2D eigenvalue weighted by atomic mass is 19.1. The summed E-state index contributed by atoms with van der Waals surface area (Å²) in [5.74, 6) is 1.39. The SMILES string of the molecule is N#Cc1ccc(-c2cc3c(ccn3CC3(F)CCNC3)nc2OCCC2CC2)cc1. The zero-order valence-corrected chi connectivity index (χ0v) is 16.9. The van der Waals surface area contributed by atoms with Gasteiger partial charge in [0.15, 0.2) is 0 Å². The smallest absolute Gasteiger partial charge is 0.222 e. The number of fused-ring (bicyclic) bond motifs is 1. The molecule has 3 aromatic rings. The standard InChI is InChI=1S/C24H25FN4O/c25-24(9-10-27-15-24)16-29-11-7-21-22(29)13-20(19-5-3-18(14-26)4-6-19)23(28-21)30-12-8-17-1-2-17/h3-7,11,13,17,27H,1-2,8-10,12,15-16H2. The largest absolute Gasteiger partial charge is 0.477 e. The summed E-state index contributed by atoms with van der Waals surface area (Å²) in [6, 6.07) is 13.6. The van der Waals surface area contributed by atoms with Crippen LogP contribution in [0.15, 0.2) is 42.6 Å². The lowest BCUT2D eigenvalue weighted by Gasteiger charge is -2.20. The number of nitrogens with one attached hydrogen (secondary N) is 1. The molecule has 0 radical (unpaired) electrons. The van der Waals surface area contributed by atoms with Gasteiger partial charge in [-0.25, -0.2) is 9.37 Å². The number of hydrogen-bond acceptors (Lipinski definition) is 4. The van der Waals surface area contributed by atoms with Crippen molar-refractivity contribution in [3.63, 3.8) is 0 Å². The van der Waals surface area contributed by atoms with Crippen LogP contribution < -0.4 is 10.1 Å². The molecule has 2 aromatic heterocycles. The monoisotopic (exact) mass is 404 g/mol. The van der Waals surface area contributed by atoms with E-state index in [0.29, 0.717) is 44.1 Å². The fourth-order valence-electron chi connectivity index (χ4n) is 4.15. The Bertz CT molecular complexity index is 1090. The van der Waals surface area contributed by atoms with Crippen LogP contribution in [0, 0.1) is 17.2 Å². The molecule has 1 saturated heterocycles. The minimum Gasteiger partial charge on any atom is -0.477 e. The van der Waals surface area contributed by atoms with Gasteiger partial charge in [-0.15, -0.1) is 0 Å². The van der Waals surface area contributed by atoms with Gasteiger partial charge in [-0.3, -0.25) is 0 Å². The lowest BCUT2D eigenvalue weighted by atomic mass is 10.0. The van der Waals surface area contributed by atoms with Crippen LogP contribution in [0.4, 0.5) is 4.39 Å². The number of alkyl halides is 1. The number of benzene rings is 1. The van der Waals surface area contributed by atoms with Gasteiger partial charge in [-0.05, 0) is 55.1 Å². The minimum absolute atomic E-state index is 0.305. The van der Waals surface area contributed by atoms with Crippen LogP contribution in [0.5, 0.6) is 5.88 Å². The summed E-state index contributed by atoms with van der Waals surface area (Å²) in [6.07, 6.45) is 6.06. The molecule has 1 unspecified atom stereocenters. The summed E-state index contributed by atoms with van der Waals surface area (Å²) in [7, 11) is 0. The van der Waals surface area contributed by atoms with Crippen molar-refractivity contribution in [3.05, 3.63) is 48.2 Å². The Morgan fingerprint density at radius 2 is 2.10 bits per heavy atom. The minimum atomic E-state index is -1.24. The average molecular weight is 404 g/mol. The summed E-state index contributed by atoms with van der Waals surface area (Å²) in [5.41, 5.74) is 2.90. The molecule has 1 N–H and O–H groups in total. The van der Waals surface area contributed by atoms with Crippen molar-refractivity contribution >= 4 is 11.0 Å². The third-order valence-corrected chi connectivity index (χ3v) is 6.15. The summed E-state index contributed by atoms with van der Waals surface area (Å²) in [5, 5.41) is 12.2. The second kappa shape index (κ2) is 7.73. The fraction of sp³-hybridized carbons (Fsp3) is 0.417. The predicted molar refractivity (Wildman–Crippen MR) is 114 cm³/mol. The molecule has 2 aliphatic rings. The zero-order chi connectivity index (χ0) is 20.6. The van der Waals surface area contributed by atoms with Crippen molar-refractivity contribution < 1.29 is 9.13 Å². The molecule has 154 valence electrons. The van der Waals surface area contributed by atoms with Crippen molar-refractivity contribution in [2.24, 2.45) is 5.92 Å². The first kappa shape index (κ1) is 19.1. The molecule has 1 atom stereocenters. The van der Waals surface area contributed by atoms with Crippen LogP contribution in [-0.2, 0) is 6.54 Å². The van der Waals surface area contributed by atoms with Crippen molar-refractivity contribution in [3.8, 4) is 23.1 Å². The van der Waals surface area contributed by atoms with E-state index in [1.807, 2.05) is 35.0 Å². The van der Waals surface area contributed by atoms with Crippen LogP contribution in [0.2, 0.25) is 0 Å². The van der Waals surface area contributed by atoms with Gasteiger partial charge in [0.25, 0.3) is 0 Å². The topological polar surface area (TPSA) is 62.9 Å². The quantitative estimate of drug-likeness (QED) is 0.632. The molecule has 3 heterocycles. The maximum Gasteiger partial charge on any atom is 0.222 e. The summed E-state index contributed by atoms with van der Waals surface area (Å²) in [4.78, 5) is 4.78. The second-order valence-corrected chi connectivity index (χ2v) is 8.54. The molecular formula is C24H25FN4O. The Hall–Kier alpha value is -2.91. The lowest BCUT2D eigenvalue weighted by Crippen LogP contribution is -2.31. The highest BCUT2D eigenvalue weighted by Crippen LogP contribution is 2.35. The predicted octanol–water partition coefficient (Wildman–Crippen LogP) is 4.46. The molecule has 0 amide bonds. The van der Waals surface area contributed by atoms with E-state index < -0.39 is 5.67 Å². The number of nitriles is 1. The van der Waals surface area contributed by atoms with Gasteiger partial charge < -0.3 is 14.6 Å². The van der Waals surface area contributed by atoms with Crippen molar-refractivity contribution in [2.45, 2.75) is 37.9 Å². The molecule has 0 spiro atoms. The van der Waals surface area contributed by atoms with Gasteiger partial charge in [0.1, 0.15) is 5.67 Å². The Kier molecular flexibility index (Phi) is 4.92. The van der Waals surface area contributed by atoms with Crippen LogP contribution in [-0.4, -0.2) is 34.9 Å². The van der Waals surface area contributed by atoms with Crippen LogP contribution in [0.25, 0.3) is 22.2 Å². The Balaban J connectivity index is 1.52. The fourth-order valence-corrected chi connectivity index (χ4v) is 4.15. The van der Waals surface area contributed by atoms with E-state index in [2.05, 4.69) is 11.4 Å². The first-order chi connectivity index (χ1) is 14.6. The number of nitrogens with zero attached hydrogens (tertiary/aromatic N) is 3. The molecular weight excluding hydrogens is 379 g/mol. The number of pyridine rings is 1. The zero-order valence-electron chi connectivity index (χ0n) is 16.9. The van der Waals surface area contributed by atoms with Gasteiger partial charge in [0.2, 0.25) is 5.88 Å². The van der Waals surface area contributed by atoms with Crippen LogP contribution >= 0.6 is 0 Å². The van der Waals surface area contributed by atoms with Crippen molar-refractivity contribution in [1.29, 1.82) is 5.26 Å². The van der Waals surface area contributed by atoms with Crippen molar-refractivity contribution in [1.82, 2.24) is 14.9 Å². The van der Waals surface area contributed by atoms with Gasteiger partial charge in [-0.1, -0.05) is 25.0 Å². The van der Waals surface area contributed by atoms with E-state index >= 15 is 4.39 Å². The molecule has 1 aliphatic carbocycles. The molecule has 30 heavy (non-hydrogen) atoms. The van der Waals surface area contributed by atoms with Crippen LogP contribution in [0.3, 0.4) is 0 Å². The summed E-state index contributed by atoms with van der Waals surface area (Å²) < 4.78 is 23.1. The van der Waals surface area contributed by atoms with E-state index in [0.717, 1.165) is 34.5 Å². The van der Waals surface area contributed by atoms with E-state index in [-0.39, 0.29) is 0 Å². The van der Waals surface area contributed by atoms with Gasteiger partial charge in [-0.2, -0.15) is 5.26 Å². The Morgan fingerprint density at radius 1 is 1.27 bits per heavy atom. The molecule has 1 aliphatic heterocycles. The maximum atomic E-state index is 15.1. The van der Waals surface area contributed by atoms with E-state index in [4.69, 9.17) is 15.0 Å². The number of rotatable bonds is 7. The Labute approximate surface area is 175 Å². The highest BCUT2D eigenvalue weighted by molar-refractivity contribution is 5.84. The molecule has 5 rings (SSSR count). The van der Waals surface area contributed by atoms with Gasteiger partial charge >= 0.3 is 0 Å². The van der Waals surface area contributed by atoms with Crippen LogP contribution in [0.1, 0.15) is 31.2 Å². The molecule has 1 saturated carbocycles. The van der Waals surface area contributed by atoms with Gasteiger partial charge in [0.05, 0.1) is 35.8 Å². The third-order valence-electron chi connectivity index (χ3n) is 6.15. The number of aromatic nitrogens is 2. The number of halogens is 1. The first-order valence-electron chi connectivity index (χ1n) is 10.7. The molecule has 6 heteroatoms. The van der Waals surface area contributed by atoms with E-state index in [1.165, 1.54) is 12.8 Å². The number of ether oxygens (including phenoxy) is 1. The van der Waals surface area contributed by atoms with Crippen molar-refractivity contribution in [2.75, 3.05) is 19.7 Å². The number of hydrogen-bond donors (Lipinski definition) is 1. The summed E-state index contributed by atoms with van der Waals surface area (Å²) in [6.45, 7) is 2.04. The second-order valence-electron chi connectivity index (χ2n) is 8.54. The average Bonchev–Trinajstić information content (AvgIpc) is 3.37. The van der Waals surface area contributed by atoms with E-state index in [1.54, 1.807) is 12.1 Å². The summed E-state index contributed by atoms with van der Waals surface area (Å²) >= 11 is 0. The maximum absolute atomic E-state index is 15.1. The third kappa shape index (κ3) is 3.90. The highest BCUT2D eigenvalue weighted by Gasteiger charge is 2.34. The van der Waals surface area contributed by atoms with E-state index in [9.17, 15) is 0 Å². The lowest BCUT2D eigenvalue weighted by molar-refractivity contribution is 0.164. The van der Waals surface area contributed by atoms with Gasteiger partial charge in [0, 0.05) is 18.3 Å². The molecule has 2 fully saturated rings.